The van der Waals surface area contributed by atoms with Crippen molar-refractivity contribution in [3.05, 3.63) is 116 Å². The van der Waals surface area contributed by atoms with Crippen LogP contribution in [0.1, 0.15) is 46.3 Å². The third-order valence-electron chi connectivity index (χ3n) is 6.47. The Kier molecular flexibility index (Phi) is 8.29. The number of pyridine rings is 1. The van der Waals surface area contributed by atoms with E-state index in [1.54, 1.807) is 0 Å². The van der Waals surface area contributed by atoms with Gasteiger partial charge in [-0.05, 0) is 48.6 Å². The lowest BCUT2D eigenvalue weighted by atomic mass is 10.0. The maximum atomic E-state index is 14.3. The highest BCUT2D eigenvalue weighted by Gasteiger charge is 2.28. The number of hydrogen-bond donors (Lipinski definition) is 3. The van der Waals surface area contributed by atoms with Gasteiger partial charge in [-0.25, -0.2) is 17.6 Å². The molecule has 0 spiro atoms. The molecular formula is C28H24F4N2O5. The molecule has 0 bridgehead atoms. The minimum atomic E-state index is -1.06. The molecule has 1 aliphatic carbocycles. The minimum absolute atomic E-state index is 0.0425. The second kappa shape index (κ2) is 11.6. The lowest BCUT2D eigenvalue weighted by Crippen LogP contribution is -2.40. The highest BCUT2D eigenvalue weighted by molar-refractivity contribution is 6.08. The number of carbonyl (C=O) groups is 2. The molecule has 39 heavy (non-hydrogen) atoms. The van der Waals surface area contributed by atoms with Crippen LogP contribution in [0.25, 0.3) is 0 Å². The first-order valence-corrected chi connectivity index (χ1v) is 12.1. The predicted octanol–water partition coefficient (Wildman–Crippen LogP) is 3.70. The summed E-state index contributed by atoms with van der Waals surface area (Å²) in [5.74, 6) is -6.51. The molecule has 204 valence electrons. The number of ketones is 1. The third-order valence-corrected chi connectivity index (χ3v) is 6.47. The summed E-state index contributed by atoms with van der Waals surface area (Å²) in [6, 6.07) is 6.18. The van der Waals surface area contributed by atoms with E-state index in [0.29, 0.717) is 37.5 Å². The van der Waals surface area contributed by atoms with Crippen LogP contribution in [-0.4, -0.2) is 38.6 Å². The second-order valence-corrected chi connectivity index (χ2v) is 9.32. The van der Waals surface area contributed by atoms with Crippen LogP contribution in [0.5, 0.6) is 0 Å². The van der Waals surface area contributed by atoms with Crippen molar-refractivity contribution in [1.29, 1.82) is 0 Å². The number of allylic oxidation sites excluding steroid dienone is 1. The summed E-state index contributed by atoms with van der Waals surface area (Å²) in [7, 11) is 0. The zero-order valence-corrected chi connectivity index (χ0v) is 20.5. The van der Waals surface area contributed by atoms with Gasteiger partial charge >= 0.3 is 0 Å². The van der Waals surface area contributed by atoms with Gasteiger partial charge in [0.1, 0.15) is 23.3 Å². The number of aromatic nitrogens is 1. The van der Waals surface area contributed by atoms with Gasteiger partial charge in [0.2, 0.25) is 0 Å². The van der Waals surface area contributed by atoms with Crippen molar-refractivity contribution in [3.63, 3.8) is 0 Å². The molecule has 1 amide bonds. The average Bonchev–Trinajstić information content (AvgIpc) is 3.28. The van der Waals surface area contributed by atoms with Gasteiger partial charge in [-0.3, -0.25) is 14.4 Å². The Morgan fingerprint density at radius 1 is 0.974 bits per heavy atom. The molecule has 1 saturated carbocycles. The van der Waals surface area contributed by atoms with Crippen molar-refractivity contribution in [2.45, 2.75) is 44.4 Å². The first-order chi connectivity index (χ1) is 18.5. The molecule has 0 aliphatic heterocycles. The second-order valence-electron chi connectivity index (χ2n) is 9.32. The zero-order chi connectivity index (χ0) is 28.3. The summed E-state index contributed by atoms with van der Waals surface area (Å²) < 4.78 is 56.3. The normalized spacial score (nSPS) is 17.3. The van der Waals surface area contributed by atoms with Gasteiger partial charge in [0.25, 0.3) is 11.5 Å². The van der Waals surface area contributed by atoms with E-state index in [1.807, 2.05) is 0 Å². The maximum absolute atomic E-state index is 14.3. The fraction of sp³-hybridized carbons (Fsp3) is 0.250. The number of nitrogens with zero attached hydrogens (tertiary/aromatic N) is 1. The molecule has 1 heterocycles. The third kappa shape index (κ3) is 6.61. The van der Waals surface area contributed by atoms with Crippen LogP contribution >= 0.6 is 0 Å². The number of aliphatic hydroxyl groups is 2. The molecule has 1 aromatic heterocycles. The molecule has 1 fully saturated rings. The fourth-order valence-electron chi connectivity index (χ4n) is 4.43. The number of nitrogens with one attached hydrogen (secondary N) is 1. The van der Waals surface area contributed by atoms with E-state index in [0.717, 1.165) is 28.8 Å². The van der Waals surface area contributed by atoms with E-state index in [-0.39, 0.29) is 23.1 Å². The SMILES string of the molecule is O=C(NC1CCCC1O)C(O)=CC(=O)c1cc(Cc2ccc(F)cc2F)cn(Cc2ccc(F)cc2F)c1=O. The lowest BCUT2D eigenvalue weighted by Gasteiger charge is -2.15. The summed E-state index contributed by atoms with van der Waals surface area (Å²) in [5.41, 5.74) is -1.26. The van der Waals surface area contributed by atoms with E-state index < -0.39 is 70.5 Å². The van der Waals surface area contributed by atoms with Crippen molar-refractivity contribution < 1.29 is 37.4 Å². The molecule has 2 aromatic carbocycles. The molecule has 2 unspecified atom stereocenters. The number of aliphatic hydroxyl groups excluding tert-OH is 2. The number of amides is 1. The standard InChI is InChI=1S/C28H24F4N2O5/c29-18-6-4-16(21(31)10-18)8-15-9-20(25(36)12-26(37)27(38)33-23-2-1-3-24(23)35)28(39)34(13-15)14-17-5-7-19(30)11-22(17)32/h4-7,9-13,23-24,35,37H,1-3,8,14H2,(H,33,38). The van der Waals surface area contributed by atoms with E-state index >= 15 is 0 Å². The van der Waals surface area contributed by atoms with Crippen LogP contribution in [-0.2, 0) is 17.8 Å². The number of benzene rings is 2. The predicted molar refractivity (Wildman–Crippen MR) is 132 cm³/mol. The van der Waals surface area contributed by atoms with Gasteiger partial charge in [0, 0.05) is 36.4 Å². The largest absolute Gasteiger partial charge is 0.503 e. The van der Waals surface area contributed by atoms with Gasteiger partial charge < -0.3 is 20.1 Å². The number of carbonyl (C=O) groups excluding carboxylic acids is 2. The fourth-order valence-corrected chi connectivity index (χ4v) is 4.43. The van der Waals surface area contributed by atoms with Gasteiger partial charge in [0.05, 0.1) is 24.3 Å². The topological polar surface area (TPSA) is 109 Å². The first kappa shape index (κ1) is 27.8. The summed E-state index contributed by atoms with van der Waals surface area (Å²) >= 11 is 0. The Morgan fingerprint density at radius 3 is 2.21 bits per heavy atom. The van der Waals surface area contributed by atoms with Crippen molar-refractivity contribution >= 4 is 11.7 Å². The Bertz CT molecular complexity index is 1520. The highest BCUT2D eigenvalue weighted by atomic mass is 19.1. The van der Waals surface area contributed by atoms with Crippen molar-refractivity contribution in [2.75, 3.05) is 0 Å². The molecule has 1 aliphatic rings. The summed E-state index contributed by atoms with van der Waals surface area (Å²) in [4.78, 5) is 38.5. The smallest absolute Gasteiger partial charge is 0.286 e. The van der Waals surface area contributed by atoms with Crippen LogP contribution in [0.15, 0.2) is 65.3 Å². The van der Waals surface area contributed by atoms with Gasteiger partial charge in [0.15, 0.2) is 11.5 Å². The summed E-state index contributed by atoms with van der Waals surface area (Å²) in [5, 5.41) is 22.5. The van der Waals surface area contributed by atoms with Crippen molar-refractivity contribution in [3.8, 4) is 0 Å². The molecule has 3 N–H and O–H groups in total. The van der Waals surface area contributed by atoms with Crippen molar-refractivity contribution in [1.82, 2.24) is 9.88 Å². The number of rotatable bonds is 8. The molecule has 7 nitrogen and oxygen atoms in total. The monoisotopic (exact) mass is 544 g/mol. The molecule has 4 rings (SSSR count). The Morgan fingerprint density at radius 2 is 1.62 bits per heavy atom. The summed E-state index contributed by atoms with van der Waals surface area (Å²) in [6.45, 7) is -0.416. The molecule has 0 radical (unpaired) electrons. The Balaban J connectivity index is 1.69. The van der Waals surface area contributed by atoms with E-state index in [1.165, 1.54) is 12.3 Å². The highest BCUT2D eigenvalue weighted by Crippen LogP contribution is 2.20. The Labute approximate surface area is 220 Å². The Hall–Kier alpha value is -4.25. The van der Waals surface area contributed by atoms with Crippen LogP contribution < -0.4 is 10.9 Å². The van der Waals surface area contributed by atoms with Crippen LogP contribution in [0.4, 0.5) is 17.6 Å². The van der Waals surface area contributed by atoms with E-state index in [4.69, 9.17) is 0 Å². The summed E-state index contributed by atoms with van der Waals surface area (Å²) in [6.07, 6.45) is 2.45. The molecular weight excluding hydrogens is 520 g/mol. The number of hydrogen-bond acceptors (Lipinski definition) is 5. The van der Waals surface area contributed by atoms with Gasteiger partial charge in [-0.2, -0.15) is 0 Å². The van der Waals surface area contributed by atoms with Crippen LogP contribution in [0, 0.1) is 23.3 Å². The molecule has 2 atom stereocenters. The quantitative estimate of drug-likeness (QED) is 0.174. The van der Waals surface area contributed by atoms with Crippen LogP contribution in [0.3, 0.4) is 0 Å². The van der Waals surface area contributed by atoms with Gasteiger partial charge in [-0.15, -0.1) is 0 Å². The first-order valence-electron chi connectivity index (χ1n) is 12.1. The average molecular weight is 545 g/mol. The van der Waals surface area contributed by atoms with Crippen LogP contribution in [0.2, 0.25) is 0 Å². The lowest BCUT2D eigenvalue weighted by molar-refractivity contribution is -0.121. The zero-order valence-electron chi connectivity index (χ0n) is 20.5. The molecule has 11 heteroatoms. The maximum Gasteiger partial charge on any atom is 0.286 e. The van der Waals surface area contributed by atoms with Crippen molar-refractivity contribution in [2.24, 2.45) is 0 Å². The van der Waals surface area contributed by atoms with E-state index in [9.17, 15) is 42.2 Å². The minimum Gasteiger partial charge on any atom is -0.503 e. The van der Waals surface area contributed by atoms with Gasteiger partial charge in [-0.1, -0.05) is 12.1 Å². The number of halogens is 4. The molecule has 3 aromatic rings. The van der Waals surface area contributed by atoms with E-state index in [2.05, 4.69) is 5.32 Å². The molecule has 0 saturated heterocycles.